The van der Waals surface area contributed by atoms with E-state index >= 15 is 0 Å². The first-order valence-electron chi connectivity index (χ1n) is 7.96. The summed E-state index contributed by atoms with van der Waals surface area (Å²) < 4.78 is 0.270. The summed E-state index contributed by atoms with van der Waals surface area (Å²) in [6.45, 7) is 9.74. The summed E-state index contributed by atoms with van der Waals surface area (Å²) in [4.78, 5) is 9.64. The molecule has 2 fully saturated rings. The smallest absolute Gasteiger partial charge is 0.159 e. The second kappa shape index (κ2) is 5.85. The molecule has 0 aromatic carbocycles. The van der Waals surface area contributed by atoms with Gasteiger partial charge in [0.2, 0.25) is 0 Å². The number of hydrogen-bond donors (Lipinski definition) is 1. The number of hydrogen-bond acceptors (Lipinski definition) is 5. The van der Waals surface area contributed by atoms with Gasteiger partial charge in [-0.3, -0.25) is 9.89 Å². The van der Waals surface area contributed by atoms with Crippen LogP contribution in [0.15, 0.2) is 4.99 Å². The van der Waals surface area contributed by atoms with E-state index in [-0.39, 0.29) is 10.9 Å². The maximum Gasteiger partial charge on any atom is 0.159 e. The average molecular weight is 297 g/mol. The van der Waals surface area contributed by atoms with Crippen LogP contribution in [0.5, 0.6) is 0 Å². The van der Waals surface area contributed by atoms with Crippen LogP contribution in [0.4, 0.5) is 0 Å². The Morgan fingerprint density at radius 3 is 2.45 bits per heavy atom. The molecule has 3 aliphatic rings. The molecule has 0 bridgehead atoms. The van der Waals surface area contributed by atoms with Gasteiger partial charge in [-0.25, -0.2) is 0 Å². The Morgan fingerprint density at radius 2 is 1.85 bits per heavy atom. The fourth-order valence-electron chi connectivity index (χ4n) is 3.50. The zero-order valence-corrected chi connectivity index (χ0v) is 13.5. The summed E-state index contributed by atoms with van der Waals surface area (Å²) in [5.41, 5.74) is 0. The Bertz CT molecular complexity index is 377. The number of rotatable bonds is 1. The molecule has 0 spiro atoms. The largest absolute Gasteiger partial charge is 0.391 e. The number of aliphatic hydroxyl groups excluding tert-OH is 1. The molecule has 0 amide bonds. The molecule has 1 saturated heterocycles. The first kappa shape index (κ1) is 14.7. The maximum atomic E-state index is 10.2. The number of piperazine rings is 1. The van der Waals surface area contributed by atoms with E-state index in [1.165, 1.54) is 24.4 Å². The van der Waals surface area contributed by atoms with E-state index in [2.05, 4.69) is 23.6 Å². The van der Waals surface area contributed by atoms with Crippen LogP contribution in [0, 0.1) is 0 Å². The normalized spacial score (nSPS) is 35.1. The molecular formula is C15H27N3OS. The van der Waals surface area contributed by atoms with E-state index in [0.29, 0.717) is 6.04 Å². The SMILES string of the molecule is CC1(C)CN=C(N2CCN(C3CCCCC3O)CC2)S1. The van der Waals surface area contributed by atoms with Gasteiger partial charge in [-0.05, 0) is 26.7 Å². The van der Waals surface area contributed by atoms with Crippen LogP contribution in [-0.4, -0.2) is 69.7 Å². The highest BCUT2D eigenvalue weighted by molar-refractivity contribution is 8.15. The van der Waals surface area contributed by atoms with E-state index in [1.807, 2.05) is 11.8 Å². The quantitative estimate of drug-likeness (QED) is 0.801. The predicted molar refractivity (Wildman–Crippen MR) is 85.4 cm³/mol. The van der Waals surface area contributed by atoms with Crippen LogP contribution in [-0.2, 0) is 0 Å². The van der Waals surface area contributed by atoms with Gasteiger partial charge < -0.3 is 10.0 Å². The third-order valence-electron chi connectivity index (χ3n) is 4.71. The standard InChI is InChI=1S/C15H27N3OS/c1-15(2)11-16-14(20-15)18-9-7-17(8-10-18)12-5-3-4-6-13(12)19/h12-13,19H,3-11H2,1-2H3. The van der Waals surface area contributed by atoms with Gasteiger partial charge in [0.15, 0.2) is 5.17 Å². The number of thioether (sulfide) groups is 1. The molecule has 0 radical (unpaired) electrons. The fourth-order valence-corrected chi connectivity index (χ4v) is 4.56. The van der Waals surface area contributed by atoms with Crippen molar-refractivity contribution in [3.05, 3.63) is 0 Å². The molecule has 1 aliphatic carbocycles. The van der Waals surface area contributed by atoms with Crippen molar-refractivity contribution in [1.29, 1.82) is 0 Å². The van der Waals surface area contributed by atoms with E-state index in [0.717, 1.165) is 39.1 Å². The highest BCUT2D eigenvalue weighted by Gasteiger charge is 2.34. The summed E-state index contributed by atoms with van der Waals surface area (Å²) >= 11 is 1.92. The molecular weight excluding hydrogens is 270 g/mol. The third kappa shape index (κ3) is 3.15. The highest BCUT2D eigenvalue weighted by atomic mass is 32.2. The van der Waals surface area contributed by atoms with E-state index in [1.54, 1.807) is 0 Å². The number of aliphatic imine (C=N–C) groups is 1. The molecule has 1 N–H and O–H groups in total. The van der Waals surface area contributed by atoms with Crippen molar-refractivity contribution in [2.24, 2.45) is 4.99 Å². The minimum absolute atomic E-state index is 0.104. The van der Waals surface area contributed by atoms with Gasteiger partial charge in [0.1, 0.15) is 0 Å². The number of amidine groups is 1. The van der Waals surface area contributed by atoms with Crippen LogP contribution < -0.4 is 0 Å². The van der Waals surface area contributed by atoms with Crippen molar-refractivity contribution in [3.8, 4) is 0 Å². The second-order valence-electron chi connectivity index (χ2n) is 6.90. The summed E-state index contributed by atoms with van der Waals surface area (Å²) in [7, 11) is 0. The van der Waals surface area contributed by atoms with E-state index < -0.39 is 0 Å². The van der Waals surface area contributed by atoms with E-state index in [9.17, 15) is 5.11 Å². The van der Waals surface area contributed by atoms with Gasteiger partial charge in [-0.15, -0.1) is 0 Å². The monoisotopic (exact) mass is 297 g/mol. The van der Waals surface area contributed by atoms with Crippen molar-refractivity contribution in [1.82, 2.24) is 9.80 Å². The van der Waals surface area contributed by atoms with Gasteiger partial charge >= 0.3 is 0 Å². The minimum Gasteiger partial charge on any atom is -0.391 e. The Hall–Kier alpha value is -0.260. The van der Waals surface area contributed by atoms with Crippen LogP contribution in [0.2, 0.25) is 0 Å². The molecule has 0 aromatic rings. The fraction of sp³-hybridized carbons (Fsp3) is 0.933. The Kier molecular flexibility index (Phi) is 4.29. The van der Waals surface area contributed by atoms with Gasteiger partial charge in [0.25, 0.3) is 0 Å². The Labute approximate surface area is 126 Å². The Balaban J connectivity index is 1.52. The lowest BCUT2D eigenvalue weighted by atomic mass is 9.91. The van der Waals surface area contributed by atoms with Gasteiger partial charge in [-0.2, -0.15) is 0 Å². The molecule has 4 nitrogen and oxygen atoms in total. The lowest BCUT2D eigenvalue weighted by molar-refractivity contribution is 0.00533. The van der Waals surface area contributed by atoms with Crippen molar-refractivity contribution in [2.45, 2.75) is 56.4 Å². The summed E-state index contributed by atoms with van der Waals surface area (Å²) in [5, 5.41) is 11.4. The molecule has 5 heteroatoms. The Morgan fingerprint density at radius 1 is 1.15 bits per heavy atom. The average Bonchev–Trinajstić information content (AvgIpc) is 2.80. The molecule has 0 aromatic heterocycles. The van der Waals surface area contributed by atoms with Gasteiger partial charge in [0, 0.05) is 37.0 Å². The van der Waals surface area contributed by atoms with Crippen LogP contribution in [0.25, 0.3) is 0 Å². The predicted octanol–water partition coefficient (Wildman–Crippen LogP) is 1.79. The number of nitrogens with zero attached hydrogens (tertiary/aromatic N) is 3. The molecule has 2 heterocycles. The molecule has 2 unspecified atom stereocenters. The van der Waals surface area contributed by atoms with E-state index in [4.69, 9.17) is 4.99 Å². The second-order valence-corrected chi connectivity index (χ2v) is 8.58. The first-order valence-corrected chi connectivity index (χ1v) is 8.77. The van der Waals surface area contributed by atoms with Crippen molar-refractivity contribution < 1.29 is 5.11 Å². The molecule has 2 atom stereocenters. The maximum absolute atomic E-state index is 10.2. The molecule has 2 aliphatic heterocycles. The van der Waals surface area contributed by atoms with Crippen LogP contribution in [0.3, 0.4) is 0 Å². The molecule has 114 valence electrons. The lowest BCUT2D eigenvalue weighted by Crippen LogP contribution is -2.55. The first-order chi connectivity index (χ1) is 9.55. The lowest BCUT2D eigenvalue weighted by Gasteiger charge is -2.43. The van der Waals surface area contributed by atoms with Crippen molar-refractivity contribution in [2.75, 3.05) is 32.7 Å². The van der Waals surface area contributed by atoms with Crippen LogP contribution >= 0.6 is 11.8 Å². The van der Waals surface area contributed by atoms with Crippen LogP contribution in [0.1, 0.15) is 39.5 Å². The summed E-state index contributed by atoms with van der Waals surface area (Å²) in [5.74, 6) is 0. The third-order valence-corrected chi connectivity index (χ3v) is 5.96. The summed E-state index contributed by atoms with van der Waals surface area (Å²) in [6.07, 6.45) is 4.53. The van der Waals surface area contributed by atoms with Crippen molar-refractivity contribution >= 4 is 16.9 Å². The zero-order valence-electron chi connectivity index (χ0n) is 12.7. The summed E-state index contributed by atoms with van der Waals surface area (Å²) in [6, 6.07) is 0.403. The molecule has 3 rings (SSSR count). The highest BCUT2D eigenvalue weighted by Crippen LogP contribution is 2.34. The molecule has 1 saturated carbocycles. The van der Waals surface area contributed by atoms with Gasteiger partial charge in [-0.1, -0.05) is 24.6 Å². The van der Waals surface area contributed by atoms with Crippen molar-refractivity contribution in [3.63, 3.8) is 0 Å². The minimum atomic E-state index is -0.104. The molecule has 20 heavy (non-hydrogen) atoms. The zero-order chi connectivity index (χ0) is 14.2. The topological polar surface area (TPSA) is 39.1 Å². The van der Waals surface area contributed by atoms with Gasteiger partial charge in [0.05, 0.1) is 12.6 Å². The number of aliphatic hydroxyl groups is 1.